The maximum atomic E-state index is 12.5. The maximum Gasteiger partial charge on any atom is 0.330 e. The Morgan fingerprint density at radius 1 is 1.17 bits per heavy atom. The van der Waals surface area contributed by atoms with Crippen LogP contribution in [0.1, 0.15) is 43.7 Å². The van der Waals surface area contributed by atoms with Gasteiger partial charge in [0, 0.05) is 19.0 Å². The van der Waals surface area contributed by atoms with Crippen LogP contribution in [0.5, 0.6) is 0 Å². The van der Waals surface area contributed by atoms with E-state index in [0.29, 0.717) is 12.1 Å². The van der Waals surface area contributed by atoms with Crippen LogP contribution in [-0.2, 0) is 14.4 Å². The predicted octanol–water partition coefficient (Wildman–Crippen LogP) is 1.72. The highest BCUT2D eigenvalue weighted by molar-refractivity contribution is 5.91. The van der Waals surface area contributed by atoms with E-state index in [-0.39, 0.29) is 24.3 Å². The minimum Gasteiger partial charge on any atom is -0.479 e. The average Bonchev–Trinajstić information content (AvgIpc) is 3.22. The molecule has 6 heteroatoms. The molecule has 3 rings (SSSR count). The van der Waals surface area contributed by atoms with E-state index in [4.69, 9.17) is 0 Å². The maximum absolute atomic E-state index is 12.5. The number of rotatable bonds is 5. The van der Waals surface area contributed by atoms with Gasteiger partial charge in [-0.05, 0) is 18.4 Å². The largest absolute Gasteiger partial charge is 0.479 e. The molecule has 2 aliphatic rings. The van der Waals surface area contributed by atoms with Crippen LogP contribution in [0.4, 0.5) is 0 Å². The fraction of sp³-hybridized carbons (Fsp3) is 0.500. The second-order valence-electron chi connectivity index (χ2n) is 6.58. The molecule has 6 nitrogen and oxygen atoms in total. The second kappa shape index (κ2) is 7.03. The molecule has 0 spiro atoms. The molecule has 1 saturated carbocycles. The minimum absolute atomic E-state index is 0.00800. The van der Waals surface area contributed by atoms with Crippen molar-refractivity contribution in [3.8, 4) is 0 Å². The molecule has 0 radical (unpaired) electrons. The lowest BCUT2D eigenvalue weighted by molar-refractivity contribution is -0.142. The zero-order chi connectivity index (χ0) is 17.1. The highest BCUT2D eigenvalue weighted by Gasteiger charge is 2.39. The number of benzene rings is 1. The molecule has 1 unspecified atom stereocenters. The predicted molar refractivity (Wildman–Crippen MR) is 87.0 cm³/mol. The van der Waals surface area contributed by atoms with Crippen LogP contribution < -0.4 is 5.32 Å². The van der Waals surface area contributed by atoms with E-state index < -0.39 is 17.9 Å². The monoisotopic (exact) mass is 330 g/mol. The minimum atomic E-state index is -1.11. The van der Waals surface area contributed by atoms with Crippen molar-refractivity contribution in [2.45, 2.75) is 44.2 Å². The lowest BCUT2D eigenvalue weighted by Gasteiger charge is -2.24. The summed E-state index contributed by atoms with van der Waals surface area (Å²) in [6, 6.07) is 7.76. The van der Waals surface area contributed by atoms with Crippen LogP contribution in [-0.4, -0.2) is 40.4 Å². The Morgan fingerprint density at radius 2 is 1.83 bits per heavy atom. The molecule has 1 saturated heterocycles. The second-order valence-corrected chi connectivity index (χ2v) is 6.58. The van der Waals surface area contributed by atoms with Crippen LogP contribution in [0, 0.1) is 5.92 Å². The number of likely N-dealkylation sites (tertiary alicyclic amines) is 1. The van der Waals surface area contributed by atoms with E-state index >= 15 is 0 Å². The van der Waals surface area contributed by atoms with Gasteiger partial charge in [0.2, 0.25) is 11.8 Å². The number of carboxylic acids is 1. The molecule has 1 aromatic carbocycles. The molecule has 1 heterocycles. The van der Waals surface area contributed by atoms with Crippen molar-refractivity contribution in [1.29, 1.82) is 0 Å². The van der Waals surface area contributed by atoms with Gasteiger partial charge in [0.05, 0.1) is 5.92 Å². The van der Waals surface area contributed by atoms with Gasteiger partial charge >= 0.3 is 5.97 Å². The molecule has 24 heavy (non-hydrogen) atoms. The number of carbonyl (C=O) groups excluding carboxylic acids is 2. The summed E-state index contributed by atoms with van der Waals surface area (Å²) < 4.78 is 0. The van der Waals surface area contributed by atoms with E-state index in [1.807, 2.05) is 4.90 Å². The quantitative estimate of drug-likeness (QED) is 0.860. The fourth-order valence-corrected chi connectivity index (χ4v) is 3.67. The number of carbonyl (C=O) groups is 3. The first-order chi connectivity index (χ1) is 11.6. The van der Waals surface area contributed by atoms with E-state index in [0.717, 1.165) is 25.7 Å². The smallest absolute Gasteiger partial charge is 0.330 e. The molecular formula is C18H22N2O4. The normalized spacial score (nSPS) is 22.6. The van der Waals surface area contributed by atoms with Crippen molar-refractivity contribution in [3.05, 3.63) is 35.9 Å². The molecule has 2 N–H and O–H groups in total. The van der Waals surface area contributed by atoms with Gasteiger partial charge in [-0.25, -0.2) is 4.79 Å². The summed E-state index contributed by atoms with van der Waals surface area (Å²) in [5.74, 6) is -1.93. The summed E-state index contributed by atoms with van der Waals surface area (Å²) in [4.78, 5) is 38.0. The zero-order valence-corrected chi connectivity index (χ0v) is 13.5. The molecule has 0 bridgehead atoms. The van der Waals surface area contributed by atoms with Crippen LogP contribution in [0.3, 0.4) is 0 Å². The molecule has 1 aliphatic heterocycles. The van der Waals surface area contributed by atoms with E-state index in [1.54, 1.807) is 30.3 Å². The van der Waals surface area contributed by atoms with Crippen LogP contribution in [0.25, 0.3) is 0 Å². The number of hydrogen-bond donors (Lipinski definition) is 2. The average molecular weight is 330 g/mol. The summed E-state index contributed by atoms with van der Waals surface area (Å²) >= 11 is 0. The summed E-state index contributed by atoms with van der Waals surface area (Å²) in [7, 11) is 0. The van der Waals surface area contributed by atoms with E-state index in [2.05, 4.69) is 5.32 Å². The van der Waals surface area contributed by atoms with Gasteiger partial charge in [-0.1, -0.05) is 43.2 Å². The SMILES string of the molecule is O=C(N[C@H](C(=O)O)c1ccccc1)C1CC(=O)N(C2CCCC2)C1. The Bertz CT molecular complexity index is 625. The summed E-state index contributed by atoms with van der Waals surface area (Å²) in [5.41, 5.74) is 0.523. The fourth-order valence-electron chi connectivity index (χ4n) is 3.67. The van der Waals surface area contributed by atoms with Gasteiger partial charge in [-0.3, -0.25) is 9.59 Å². The molecule has 1 aromatic rings. The van der Waals surface area contributed by atoms with E-state index in [9.17, 15) is 19.5 Å². The molecule has 0 aromatic heterocycles. The first kappa shape index (κ1) is 16.5. The number of hydrogen-bond acceptors (Lipinski definition) is 3. The topological polar surface area (TPSA) is 86.7 Å². The highest BCUT2D eigenvalue weighted by atomic mass is 16.4. The van der Waals surface area contributed by atoms with Crippen LogP contribution >= 0.6 is 0 Å². The summed E-state index contributed by atoms with van der Waals surface area (Å²) in [6.07, 6.45) is 4.42. The van der Waals surface area contributed by atoms with Crippen molar-refractivity contribution >= 4 is 17.8 Å². The Kier molecular flexibility index (Phi) is 4.83. The Balaban J connectivity index is 1.65. The third-order valence-corrected chi connectivity index (χ3v) is 4.96. The van der Waals surface area contributed by atoms with Crippen LogP contribution in [0.2, 0.25) is 0 Å². The van der Waals surface area contributed by atoms with Crippen molar-refractivity contribution in [2.24, 2.45) is 5.92 Å². The van der Waals surface area contributed by atoms with E-state index in [1.165, 1.54) is 0 Å². The number of aliphatic carboxylic acids is 1. The molecule has 1 aliphatic carbocycles. The number of nitrogens with zero attached hydrogens (tertiary/aromatic N) is 1. The third kappa shape index (κ3) is 3.42. The standard InChI is InChI=1S/C18H22N2O4/c21-15-10-13(11-20(15)14-8-4-5-9-14)17(22)19-16(18(23)24)12-6-2-1-3-7-12/h1-3,6-7,13-14,16H,4-5,8-11H2,(H,19,22)(H,23,24)/t13?,16-/m0/s1. The number of nitrogens with one attached hydrogen (secondary N) is 1. The summed E-state index contributed by atoms with van der Waals surface area (Å²) in [6.45, 7) is 0.399. The number of amides is 2. The van der Waals surface area contributed by atoms with Gasteiger partial charge in [0.25, 0.3) is 0 Å². The molecule has 2 amide bonds. The Hall–Kier alpha value is -2.37. The van der Waals surface area contributed by atoms with Crippen molar-refractivity contribution in [1.82, 2.24) is 10.2 Å². The first-order valence-electron chi connectivity index (χ1n) is 8.44. The zero-order valence-electron chi connectivity index (χ0n) is 13.5. The van der Waals surface area contributed by atoms with Crippen LogP contribution in [0.15, 0.2) is 30.3 Å². The summed E-state index contributed by atoms with van der Waals surface area (Å²) in [5, 5.41) is 12.0. The van der Waals surface area contributed by atoms with Gasteiger partial charge in [-0.2, -0.15) is 0 Å². The molecule has 2 fully saturated rings. The first-order valence-corrected chi connectivity index (χ1v) is 8.44. The van der Waals surface area contributed by atoms with Crippen molar-refractivity contribution in [2.75, 3.05) is 6.54 Å². The Labute approximate surface area is 140 Å². The van der Waals surface area contributed by atoms with Gasteiger partial charge in [-0.15, -0.1) is 0 Å². The lowest BCUT2D eigenvalue weighted by Crippen LogP contribution is -2.40. The molecule has 2 atom stereocenters. The molecule has 128 valence electrons. The highest BCUT2D eigenvalue weighted by Crippen LogP contribution is 2.29. The van der Waals surface area contributed by atoms with Gasteiger partial charge in [0.15, 0.2) is 6.04 Å². The van der Waals surface area contributed by atoms with Gasteiger partial charge in [0.1, 0.15) is 0 Å². The van der Waals surface area contributed by atoms with Crippen molar-refractivity contribution in [3.63, 3.8) is 0 Å². The Morgan fingerprint density at radius 3 is 2.46 bits per heavy atom. The lowest BCUT2D eigenvalue weighted by atomic mass is 10.0. The molecular weight excluding hydrogens is 308 g/mol. The number of carboxylic acid groups (broad SMARTS) is 1. The third-order valence-electron chi connectivity index (χ3n) is 4.96. The van der Waals surface area contributed by atoms with Gasteiger partial charge < -0.3 is 15.3 Å². The van der Waals surface area contributed by atoms with Crippen molar-refractivity contribution < 1.29 is 19.5 Å².